The van der Waals surface area contributed by atoms with Gasteiger partial charge in [0.05, 0.1) is 23.2 Å². The average Bonchev–Trinajstić information content (AvgIpc) is 3.46. The molecule has 224 valence electrons. The lowest BCUT2D eigenvalue weighted by atomic mass is 9.75. The number of aliphatic carboxylic acids is 1. The zero-order valence-electron chi connectivity index (χ0n) is 22.4. The van der Waals surface area contributed by atoms with Crippen LogP contribution in [0.1, 0.15) is 72.1 Å². The number of carbonyl (C=O) groups is 3. The van der Waals surface area contributed by atoms with Gasteiger partial charge in [0.25, 0.3) is 11.8 Å². The minimum absolute atomic E-state index is 0.00941. The van der Waals surface area contributed by atoms with E-state index in [9.17, 15) is 31.5 Å². The van der Waals surface area contributed by atoms with Gasteiger partial charge in [-0.1, -0.05) is 12.1 Å². The van der Waals surface area contributed by atoms with E-state index in [1.54, 1.807) is 12.1 Å². The molecule has 15 heteroatoms. The highest BCUT2D eigenvalue weighted by atomic mass is 19.4. The standard InChI is InChI=1S/C25H25F2N5O3.C2HF3O2/c1-25(2)19-6-4-15(14-7-9-28-10-8-14)11-18(19)23(33)32(24(25)34)13-17-5-3-16(12-29-17)21-30-31-22(35-21)20(26)27;3-2(4,5)1(6)7/h3-6,11-12,14,20,28H,7-10,13H2,1-2H3;(H,6,7). The van der Waals surface area contributed by atoms with Crippen LogP contribution in [0.2, 0.25) is 0 Å². The van der Waals surface area contributed by atoms with Gasteiger partial charge in [-0.05, 0) is 75.0 Å². The van der Waals surface area contributed by atoms with Gasteiger partial charge in [0.1, 0.15) is 0 Å². The Morgan fingerprint density at radius 3 is 2.36 bits per heavy atom. The second-order valence-electron chi connectivity index (χ2n) is 10.2. The number of pyridine rings is 1. The predicted octanol–water partition coefficient (Wildman–Crippen LogP) is 4.63. The average molecular weight is 596 g/mol. The number of rotatable bonds is 5. The molecule has 0 bridgehead atoms. The van der Waals surface area contributed by atoms with E-state index in [0.717, 1.165) is 37.1 Å². The zero-order valence-corrected chi connectivity index (χ0v) is 22.4. The first-order valence-electron chi connectivity index (χ1n) is 12.8. The van der Waals surface area contributed by atoms with Crippen LogP contribution < -0.4 is 5.32 Å². The molecule has 5 rings (SSSR count). The van der Waals surface area contributed by atoms with Gasteiger partial charge in [0.2, 0.25) is 11.8 Å². The largest absolute Gasteiger partial charge is 0.490 e. The van der Waals surface area contributed by atoms with E-state index in [2.05, 4.69) is 20.5 Å². The molecule has 42 heavy (non-hydrogen) atoms. The highest BCUT2D eigenvalue weighted by Crippen LogP contribution is 2.38. The van der Waals surface area contributed by atoms with Crippen LogP contribution in [0.25, 0.3) is 11.5 Å². The van der Waals surface area contributed by atoms with Crippen LogP contribution in [0, 0.1) is 0 Å². The maximum Gasteiger partial charge on any atom is 0.490 e. The summed E-state index contributed by atoms with van der Waals surface area (Å²) in [5.74, 6) is -3.86. The number of imide groups is 1. The van der Waals surface area contributed by atoms with Gasteiger partial charge in [-0.3, -0.25) is 19.5 Å². The molecule has 0 spiro atoms. The third kappa shape index (κ3) is 6.45. The molecule has 2 aliphatic heterocycles. The second kappa shape index (κ2) is 11.9. The summed E-state index contributed by atoms with van der Waals surface area (Å²) in [5, 5.41) is 17.4. The van der Waals surface area contributed by atoms with Crippen molar-refractivity contribution in [3.05, 3.63) is 64.8 Å². The van der Waals surface area contributed by atoms with E-state index in [1.807, 2.05) is 32.0 Å². The Morgan fingerprint density at radius 2 is 1.81 bits per heavy atom. The normalized spacial score (nSPS) is 17.1. The van der Waals surface area contributed by atoms with E-state index in [1.165, 1.54) is 11.1 Å². The summed E-state index contributed by atoms with van der Waals surface area (Å²) in [5.41, 5.74) is 2.36. The van der Waals surface area contributed by atoms with Crippen molar-refractivity contribution >= 4 is 17.8 Å². The molecule has 1 aromatic carbocycles. The van der Waals surface area contributed by atoms with E-state index < -0.39 is 29.9 Å². The first-order chi connectivity index (χ1) is 19.7. The molecule has 0 aliphatic carbocycles. The SMILES string of the molecule is CC1(C)C(=O)N(Cc2ccc(-c3nnc(C(F)F)o3)cn2)C(=O)c2cc(C3CCNCC3)ccc21.O=C(O)C(F)(F)F. The van der Waals surface area contributed by atoms with Gasteiger partial charge in [-0.2, -0.15) is 22.0 Å². The summed E-state index contributed by atoms with van der Waals surface area (Å²) in [7, 11) is 0. The van der Waals surface area contributed by atoms with Crippen LogP contribution in [-0.4, -0.2) is 62.2 Å². The number of alkyl halides is 5. The summed E-state index contributed by atoms with van der Waals surface area (Å²) in [6.07, 6.45) is -4.53. The van der Waals surface area contributed by atoms with Crippen molar-refractivity contribution in [2.24, 2.45) is 0 Å². The lowest BCUT2D eigenvalue weighted by molar-refractivity contribution is -0.192. The molecule has 10 nitrogen and oxygen atoms in total. The van der Waals surface area contributed by atoms with Gasteiger partial charge in [0, 0.05) is 11.8 Å². The molecule has 0 radical (unpaired) electrons. The Morgan fingerprint density at radius 1 is 1.14 bits per heavy atom. The monoisotopic (exact) mass is 595 g/mol. The molecule has 3 aromatic rings. The van der Waals surface area contributed by atoms with Crippen molar-refractivity contribution in [3.63, 3.8) is 0 Å². The van der Waals surface area contributed by atoms with Crippen molar-refractivity contribution in [3.8, 4) is 11.5 Å². The number of aromatic nitrogens is 3. The quantitative estimate of drug-likeness (QED) is 0.319. The van der Waals surface area contributed by atoms with E-state index in [0.29, 0.717) is 22.7 Å². The van der Waals surface area contributed by atoms with Gasteiger partial charge in [-0.25, -0.2) is 4.79 Å². The molecule has 2 aliphatic rings. The number of piperidine rings is 1. The number of carbonyl (C=O) groups excluding carboxylic acids is 2. The lowest BCUT2D eigenvalue weighted by Gasteiger charge is -2.38. The molecule has 1 saturated heterocycles. The number of carboxylic acids is 1. The highest BCUT2D eigenvalue weighted by Gasteiger charge is 2.44. The summed E-state index contributed by atoms with van der Waals surface area (Å²) in [6, 6.07) is 9.10. The van der Waals surface area contributed by atoms with Crippen molar-refractivity contribution in [1.82, 2.24) is 25.4 Å². The van der Waals surface area contributed by atoms with Gasteiger partial charge >= 0.3 is 18.6 Å². The van der Waals surface area contributed by atoms with Crippen LogP contribution in [0.15, 0.2) is 40.9 Å². The van der Waals surface area contributed by atoms with Crippen LogP contribution in [0.3, 0.4) is 0 Å². The maximum absolute atomic E-state index is 13.5. The first kappa shape index (κ1) is 30.7. The molecular weight excluding hydrogens is 569 g/mol. The number of nitrogens with zero attached hydrogens (tertiary/aromatic N) is 4. The third-order valence-electron chi connectivity index (χ3n) is 7.04. The zero-order chi connectivity index (χ0) is 30.8. The van der Waals surface area contributed by atoms with Gasteiger partial charge in [0.15, 0.2) is 0 Å². The second-order valence-corrected chi connectivity index (χ2v) is 10.2. The van der Waals surface area contributed by atoms with Gasteiger partial charge < -0.3 is 14.8 Å². The Kier molecular flexibility index (Phi) is 8.71. The van der Waals surface area contributed by atoms with E-state index in [-0.39, 0.29) is 24.2 Å². The smallest absolute Gasteiger partial charge is 0.475 e. The highest BCUT2D eigenvalue weighted by molar-refractivity contribution is 6.12. The molecule has 1 fully saturated rings. The molecule has 0 saturated carbocycles. The number of hydrogen-bond acceptors (Lipinski definition) is 8. The molecule has 4 heterocycles. The number of hydrogen-bond donors (Lipinski definition) is 2. The molecule has 2 N–H and O–H groups in total. The lowest BCUT2D eigenvalue weighted by Crippen LogP contribution is -2.51. The van der Waals surface area contributed by atoms with Crippen LogP contribution in [0.4, 0.5) is 22.0 Å². The van der Waals surface area contributed by atoms with E-state index in [4.69, 9.17) is 14.3 Å². The third-order valence-corrected chi connectivity index (χ3v) is 7.04. The van der Waals surface area contributed by atoms with Crippen molar-refractivity contribution in [2.75, 3.05) is 13.1 Å². The summed E-state index contributed by atoms with van der Waals surface area (Å²) in [6.45, 7) is 5.53. The number of halogens is 5. The van der Waals surface area contributed by atoms with Crippen LogP contribution in [0.5, 0.6) is 0 Å². The summed E-state index contributed by atoms with van der Waals surface area (Å²) >= 11 is 0. The predicted molar refractivity (Wildman–Crippen MR) is 135 cm³/mol. The number of carboxylic acid groups (broad SMARTS) is 1. The fourth-order valence-electron chi connectivity index (χ4n) is 4.77. The van der Waals surface area contributed by atoms with E-state index >= 15 is 0 Å². The number of fused-ring (bicyclic) bond motifs is 1. The number of benzene rings is 1. The molecule has 0 unspecified atom stereocenters. The Bertz CT molecular complexity index is 1470. The number of nitrogens with one attached hydrogen (secondary N) is 1. The fourth-order valence-corrected chi connectivity index (χ4v) is 4.77. The van der Waals surface area contributed by atoms with Crippen LogP contribution in [-0.2, 0) is 21.5 Å². The van der Waals surface area contributed by atoms with Crippen molar-refractivity contribution in [1.29, 1.82) is 0 Å². The molecule has 0 atom stereocenters. The number of amides is 2. The minimum Gasteiger partial charge on any atom is -0.475 e. The maximum atomic E-state index is 13.5. The Labute approximate surface area is 235 Å². The first-order valence-corrected chi connectivity index (χ1v) is 12.8. The minimum atomic E-state index is -5.08. The van der Waals surface area contributed by atoms with Gasteiger partial charge in [-0.15, -0.1) is 10.2 Å². The fraction of sp³-hybridized carbons (Fsp3) is 0.407. The Hall–Kier alpha value is -4.27. The van der Waals surface area contributed by atoms with Crippen molar-refractivity contribution in [2.45, 2.75) is 57.2 Å². The summed E-state index contributed by atoms with van der Waals surface area (Å²) in [4.78, 5) is 41.2. The van der Waals surface area contributed by atoms with Crippen LogP contribution >= 0.6 is 0 Å². The molecule has 2 amide bonds. The topological polar surface area (TPSA) is 139 Å². The molecule has 2 aromatic heterocycles. The summed E-state index contributed by atoms with van der Waals surface area (Å²) < 4.78 is 62.1. The van der Waals surface area contributed by atoms with Crippen molar-refractivity contribution < 1.29 is 45.9 Å². The Balaban J connectivity index is 0.000000517. The molecular formula is C27H26F5N5O5.